The molecule has 1 rings (SSSR count). The summed E-state index contributed by atoms with van der Waals surface area (Å²) in [5.74, 6) is -0.733. The van der Waals surface area contributed by atoms with Crippen LogP contribution in [0.15, 0.2) is 15.3 Å². The number of carbonyl (C=O) groups excluding carboxylic acids is 1. The lowest BCUT2D eigenvalue weighted by Crippen LogP contribution is -2.07. The molecular formula is C8H5Br2F2NO2. The molecule has 0 atom stereocenters. The van der Waals surface area contributed by atoms with E-state index in [1.54, 1.807) is 0 Å². The van der Waals surface area contributed by atoms with Gasteiger partial charge < -0.3 is 4.74 Å². The summed E-state index contributed by atoms with van der Waals surface area (Å²) in [5, 5.41) is 0. The Morgan fingerprint density at radius 2 is 2.13 bits per heavy atom. The Balaban J connectivity index is 3.36. The largest absolute Gasteiger partial charge is 0.465 e. The zero-order valence-corrected chi connectivity index (χ0v) is 10.6. The summed E-state index contributed by atoms with van der Waals surface area (Å²) in [6.45, 7) is 0. The lowest BCUT2D eigenvalue weighted by atomic mass is 10.2. The van der Waals surface area contributed by atoms with Gasteiger partial charge in [-0.2, -0.15) is 0 Å². The smallest absolute Gasteiger partial charge is 0.341 e. The number of nitrogens with zero attached hydrogens (tertiary/aromatic N) is 1. The average Bonchev–Trinajstić information content (AvgIpc) is 2.16. The van der Waals surface area contributed by atoms with E-state index in [-0.39, 0.29) is 20.2 Å². The molecule has 0 aliphatic rings. The van der Waals surface area contributed by atoms with Crippen molar-refractivity contribution in [1.82, 2.24) is 4.98 Å². The van der Waals surface area contributed by atoms with Crippen molar-refractivity contribution in [2.75, 3.05) is 7.11 Å². The number of aromatic nitrogens is 1. The Kier molecular flexibility index (Phi) is 4.15. The maximum atomic E-state index is 12.5. The number of hydrogen-bond acceptors (Lipinski definition) is 3. The molecule has 82 valence electrons. The number of hydrogen-bond donors (Lipinski definition) is 0. The average molecular weight is 345 g/mol. The van der Waals surface area contributed by atoms with Gasteiger partial charge >= 0.3 is 5.97 Å². The molecule has 3 nitrogen and oxygen atoms in total. The van der Waals surface area contributed by atoms with Gasteiger partial charge in [0.25, 0.3) is 6.43 Å². The van der Waals surface area contributed by atoms with Gasteiger partial charge in [-0.25, -0.2) is 18.6 Å². The molecule has 0 unspecified atom stereocenters. The quantitative estimate of drug-likeness (QED) is 0.610. The van der Waals surface area contributed by atoms with Crippen molar-refractivity contribution in [3.63, 3.8) is 0 Å². The summed E-state index contributed by atoms with van der Waals surface area (Å²) in [7, 11) is 1.16. The van der Waals surface area contributed by atoms with Crippen LogP contribution in [0.3, 0.4) is 0 Å². The third kappa shape index (κ3) is 2.52. The van der Waals surface area contributed by atoms with Crippen LogP contribution < -0.4 is 0 Å². The molecule has 1 aromatic heterocycles. The summed E-state index contributed by atoms with van der Waals surface area (Å²) in [4.78, 5) is 14.9. The molecule has 0 spiro atoms. The summed E-state index contributed by atoms with van der Waals surface area (Å²) in [5.41, 5.74) is -0.395. The van der Waals surface area contributed by atoms with Gasteiger partial charge in [0.1, 0.15) is 10.2 Å². The van der Waals surface area contributed by atoms with E-state index in [9.17, 15) is 13.6 Å². The first-order chi connectivity index (χ1) is 6.99. The highest BCUT2D eigenvalue weighted by molar-refractivity contribution is 9.11. The number of halogens is 4. The van der Waals surface area contributed by atoms with E-state index in [0.29, 0.717) is 0 Å². The van der Waals surface area contributed by atoms with Crippen LogP contribution in [0.25, 0.3) is 0 Å². The number of methoxy groups -OCH3 is 1. The van der Waals surface area contributed by atoms with Gasteiger partial charge in [0.05, 0.1) is 12.7 Å². The molecule has 0 bridgehead atoms. The molecule has 0 fully saturated rings. The molecule has 0 aliphatic carbocycles. The fraction of sp³-hybridized carbons (Fsp3) is 0.250. The fourth-order valence-corrected chi connectivity index (χ4v) is 2.26. The summed E-state index contributed by atoms with van der Waals surface area (Å²) in [6, 6.07) is 0. The van der Waals surface area contributed by atoms with Crippen LogP contribution in [0.1, 0.15) is 22.3 Å². The van der Waals surface area contributed by atoms with Crippen LogP contribution in [0.4, 0.5) is 8.78 Å². The number of rotatable bonds is 2. The zero-order valence-electron chi connectivity index (χ0n) is 7.43. The van der Waals surface area contributed by atoms with Gasteiger partial charge in [0.15, 0.2) is 0 Å². The van der Waals surface area contributed by atoms with Crippen LogP contribution >= 0.6 is 31.9 Å². The Morgan fingerprint density at radius 3 is 2.60 bits per heavy atom. The highest BCUT2D eigenvalue weighted by atomic mass is 79.9. The maximum absolute atomic E-state index is 12.5. The molecule has 15 heavy (non-hydrogen) atoms. The molecule has 1 aromatic rings. The van der Waals surface area contributed by atoms with Crippen molar-refractivity contribution in [2.45, 2.75) is 6.43 Å². The molecule has 0 saturated carbocycles. The van der Waals surface area contributed by atoms with Crippen molar-refractivity contribution in [3.05, 3.63) is 26.4 Å². The molecule has 0 N–H and O–H groups in total. The first-order valence-electron chi connectivity index (χ1n) is 3.69. The Hall–Kier alpha value is -0.560. The molecular weight excluding hydrogens is 340 g/mol. The number of carbonyl (C=O) groups is 1. The predicted octanol–water partition coefficient (Wildman–Crippen LogP) is 3.33. The van der Waals surface area contributed by atoms with Gasteiger partial charge in [0, 0.05) is 10.7 Å². The van der Waals surface area contributed by atoms with E-state index in [4.69, 9.17) is 0 Å². The second kappa shape index (κ2) is 4.98. The minimum atomic E-state index is -2.71. The second-order valence-electron chi connectivity index (χ2n) is 2.49. The highest BCUT2D eigenvalue weighted by Gasteiger charge is 2.22. The van der Waals surface area contributed by atoms with Gasteiger partial charge in [-0.1, -0.05) is 0 Å². The zero-order chi connectivity index (χ0) is 11.6. The van der Waals surface area contributed by atoms with Crippen molar-refractivity contribution in [2.24, 2.45) is 0 Å². The van der Waals surface area contributed by atoms with E-state index in [1.807, 2.05) is 0 Å². The molecule has 0 radical (unpaired) electrons. The monoisotopic (exact) mass is 343 g/mol. The van der Waals surface area contributed by atoms with Crippen LogP contribution in [-0.2, 0) is 4.74 Å². The predicted molar refractivity (Wildman–Crippen MR) is 55.9 cm³/mol. The van der Waals surface area contributed by atoms with Crippen LogP contribution in [0.5, 0.6) is 0 Å². The van der Waals surface area contributed by atoms with Crippen LogP contribution in [-0.4, -0.2) is 18.1 Å². The topological polar surface area (TPSA) is 39.2 Å². The van der Waals surface area contributed by atoms with E-state index < -0.39 is 12.4 Å². The summed E-state index contributed by atoms with van der Waals surface area (Å²) < 4.78 is 29.5. The highest BCUT2D eigenvalue weighted by Crippen LogP contribution is 2.33. The van der Waals surface area contributed by atoms with Crippen LogP contribution in [0, 0.1) is 0 Å². The first-order valence-corrected chi connectivity index (χ1v) is 5.28. The van der Waals surface area contributed by atoms with Crippen LogP contribution in [0.2, 0.25) is 0 Å². The number of alkyl halides is 2. The lowest BCUT2D eigenvalue weighted by molar-refractivity contribution is 0.0597. The minimum absolute atomic E-state index is 0.00812. The Labute approximate surface area is 101 Å². The lowest BCUT2D eigenvalue weighted by Gasteiger charge is -2.08. The van der Waals surface area contributed by atoms with E-state index in [1.165, 1.54) is 0 Å². The van der Waals surface area contributed by atoms with Gasteiger partial charge in [-0.15, -0.1) is 0 Å². The third-order valence-corrected chi connectivity index (χ3v) is 3.08. The third-order valence-electron chi connectivity index (χ3n) is 1.62. The standard InChI is InChI=1S/C8H5Br2F2NO2/c1-15-8(14)4-5(9)3(7(11)12)2-13-6(4)10/h2,7H,1H3. The van der Waals surface area contributed by atoms with Crippen molar-refractivity contribution in [1.29, 1.82) is 0 Å². The van der Waals surface area contributed by atoms with Crippen molar-refractivity contribution >= 4 is 37.8 Å². The second-order valence-corrected chi connectivity index (χ2v) is 4.03. The van der Waals surface area contributed by atoms with E-state index in [0.717, 1.165) is 13.3 Å². The SMILES string of the molecule is COC(=O)c1c(Br)ncc(C(F)F)c1Br. The molecule has 0 aliphatic heterocycles. The molecule has 7 heteroatoms. The normalized spacial score (nSPS) is 10.5. The molecule has 1 heterocycles. The Morgan fingerprint density at radius 1 is 1.53 bits per heavy atom. The molecule has 0 amide bonds. The number of pyridine rings is 1. The maximum Gasteiger partial charge on any atom is 0.341 e. The van der Waals surface area contributed by atoms with Gasteiger partial charge in [-0.3, -0.25) is 0 Å². The number of ether oxygens (including phenoxy) is 1. The van der Waals surface area contributed by atoms with Gasteiger partial charge in [-0.05, 0) is 31.9 Å². The minimum Gasteiger partial charge on any atom is -0.465 e. The summed E-state index contributed by atoms with van der Waals surface area (Å²) in [6.07, 6.45) is -1.71. The van der Waals surface area contributed by atoms with Crippen molar-refractivity contribution in [3.8, 4) is 0 Å². The van der Waals surface area contributed by atoms with E-state index >= 15 is 0 Å². The summed E-state index contributed by atoms with van der Waals surface area (Å²) >= 11 is 5.91. The fourth-order valence-electron chi connectivity index (χ4n) is 0.910. The number of esters is 1. The molecule has 0 aromatic carbocycles. The van der Waals surface area contributed by atoms with Gasteiger partial charge in [0.2, 0.25) is 0 Å². The first kappa shape index (κ1) is 12.5. The molecule has 0 saturated heterocycles. The Bertz CT molecular complexity index is 398. The van der Waals surface area contributed by atoms with E-state index in [2.05, 4.69) is 41.6 Å². The van der Waals surface area contributed by atoms with Crippen molar-refractivity contribution < 1.29 is 18.3 Å².